The van der Waals surface area contributed by atoms with Gasteiger partial charge in [-0.1, -0.05) is 12.8 Å². The molecule has 5 nitrogen and oxygen atoms in total. The Bertz CT molecular complexity index is 746. The lowest BCUT2D eigenvalue weighted by atomic mass is 10.1. The van der Waals surface area contributed by atoms with Gasteiger partial charge in [0.1, 0.15) is 20.5 Å². The number of aliphatic hydroxyl groups excluding tert-OH is 1. The van der Waals surface area contributed by atoms with E-state index < -0.39 is 0 Å². The van der Waals surface area contributed by atoms with Gasteiger partial charge in [0.25, 0.3) is 0 Å². The van der Waals surface area contributed by atoms with Gasteiger partial charge in [0.2, 0.25) is 0 Å². The van der Waals surface area contributed by atoms with Gasteiger partial charge in [0.15, 0.2) is 11.5 Å². The van der Waals surface area contributed by atoms with Crippen LogP contribution in [-0.2, 0) is 4.08 Å². The Morgan fingerprint density at radius 3 is 2.67 bits per heavy atom. The van der Waals surface area contributed by atoms with Crippen molar-refractivity contribution in [1.29, 1.82) is 0 Å². The molecule has 1 saturated heterocycles. The van der Waals surface area contributed by atoms with E-state index in [0.717, 1.165) is 53.6 Å². The largest absolute Gasteiger partial charge is 0.493 e. The third-order valence-corrected chi connectivity index (χ3v) is 9.27. The molecule has 0 aromatic carbocycles. The topological polar surface area (TPSA) is 64.5 Å². The Balaban J connectivity index is 1.83. The second kappa shape index (κ2) is 9.49. The van der Waals surface area contributed by atoms with Gasteiger partial charge in [-0.05, 0) is 19.8 Å². The van der Waals surface area contributed by atoms with E-state index >= 15 is 0 Å². The van der Waals surface area contributed by atoms with Crippen LogP contribution in [-0.4, -0.2) is 46.9 Å². The van der Waals surface area contributed by atoms with E-state index in [-0.39, 0.29) is 10.2 Å². The van der Waals surface area contributed by atoms with Crippen molar-refractivity contribution in [2.75, 3.05) is 25.7 Å². The van der Waals surface area contributed by atoms with E-state index in [4.69, 9.17) is 14.5 Å². The Morgan fingerprint density at radius 1 is 1.22 bits per heavy atom. The van der Waals surface area contributed by atoms with Crippen LogP contribution in [0.3, 0.4) is 0 Å². The minimum Gasteiger partial charge on any atom is -0.493 e. The number of aliphatic hydroxyl groups is 1. The van der Waals surface area contributed by atoms with E-state index in [0.29, 0.717) is 11.5 Å². The first-order valence-corrected chi connectivity index (χ1v) is 11.9. The molecule has 0 radical (unpaired) electrons. The van der Waals surface area contributed by atoms with Crippen molar-refractivity contribution in [2.45, 2.75) is 42.8 Å². The predicted molar refractivity (Wildman–Crippen MR) is 115 cm³/mol. The quantitative estimate of drug-likeness (QED) is 0.578. The predicted octanol–water partition coefficient (Wildman–Crippen LogP) is 4.80. The van der Waals surface area contributed by atoms with Crippen molar-refractivity contribution in [3.8, 4) is 22.9 Å². The van der Waals surface area contributed by atoms with Crippen LogP contribution < -0.4 is 9.47 Å². The monoisotopic (exact) mass is 426 g/mol. The first kappa shape index (κ1) is 20.8. The summed E-state index contributed by atoms with van der Waals surface area (Å²) in [6, 6.07) is 1.79. The second-order valence-electron chi connectivity index (χ2n) is 6.48. The average Bonchev–Trinajstić information content (AvgIpc) is 3.34. The van der Waals surface area contributed by atoms with E-state index in [9.17, 15) is 5.11 Å². The van der Waals surface area contributed by atoms with Crippen molar-refractivity contribution < 1.29 is 14.6 Å². The van der Waals surface area contributed by atoms with Crippen molar-refractivity contribution in [3.05, 3.63) is 22.7 Å². The lowest BCUT2D eigenvalue weighted by Gasteiger charge is -2.25. The second-order valence-corrected chi connectivity index (χ2v) is 10.4. The Labute approximate surface area is 173 Å². The maximum atomic E-state index is 9.50. The number of thiazole rings is 1. The molecule has 148 valence electrons. The van der Waals surface area contributed by atoms with Crippen LogP contribution in [0.5, 0.6) is 11.5 Å². The molecule has 1 unspecified atom stereocenters. The van der Waals surface area contributed by atoms with E-state index in [1.165, 1.54) is 0 Å². The molecular formula is C19H26N2O3S3. The third kappa shape index (κ3) is 4.72. The van der Waals surface area contributed by atoms with E-state index in [2.05, 4.69) is 10.4 Å². The first-order chi connectivity index (χ1) is 13.1. The highest BCUT2D eigenvalue weighted by molar-refractivity contribution is 8.20. The minimum atomic E-state index is -0.220. The highest BCUT2D eigenvalue weighted by Crippen LogP contribution is 2.56. The number of aromatic nitrogens is 2. The first-order valence-electron chi connectivity index (χ1n) is 9.09. The van der Waals surface area contributed by atoms with E-state index in [1.54, 1.807) is 37.8 Å². The summed E-state index contributed by atoms with van der Waals surface area (Å²) in [6.45, 7) is 1.86. The molecule has 2 aromatic rings. The molecule has 1 N–H and O–H groups in total. The summed E-state index contributed by atoms with van der Waals surface area (Å²) in [7, 11) is 3.25. The smallest absolute Gasteiger partial charge is 0.188 e. The lowest BCUT2D eigenvalue weighted by molar-refractivity contribution is 0.180. The molecule has 3 heterocycles. The van der Waals surface area contributed by atoms with Crippen LogP contribution in [0.4, 0.5) is 0 Å². The normalized spacial score (nSPS) is 17.0. The van der Waals surface area contributed by atoms with Gasteiger partial charge in [-0.15, -0.1) is 34.9 Å². The fraction of sp³-hybridized carbons (Fsp3) is 0.579. The summed E-state index contributed by atoms with van der Waals surface area (Å²) in [4.78, 5) is 9.45. The molecule has 1 aliphatic rings. The summed E-state index contributed by atoms with van der Waals surface area (Å²) in [5, 5.41) is 12.7. The zero-order chi connectivity index (χ0) is 19.3. The Hall–Kier alpha value is -0.960. The molecule has 0 spiro atoms. The zero-order valence-electron chi connectivity index (χ0n) is 15.9. The number of hydrogen-bond acceptors (Lipinski definition) is 8. The minimum absolute atomic E-state index is 0.0215. The van der Waals surface area contributed by atoms with Crippen LogP contribution in [0.1, 0.15) is 37.6 Å². The Morgan fingerprint density at radius 2 is 2.00 bits per heavy atom. The summed E-state index contributed by atoms with van der Waals surface area (Å²) in [5.41, 5.74) is 1.55. The molecular weight excluding hydrogens is 400 g/mol. The van der Waals surface area contributed by atoms with Gasteiger partial charge in [-0.2, -0.15) is 0 Å². The van der Waals surface area contributed by atoms with Gasteiger partial charge >= 0.3 is 0 Å². The molecule has 0 aliphatic carbocycles. The molecule has 1 atom stereocenters. The molecule has 8 heteroatoms. The Kier molecular flexibility index (Phi) is 7.30. The maximum Gasteiger partial charge on any atom is 0.188 e. The molecule has 0 saturated carbocycles. The number of ether oxygens (including phenoxy) is 2. The number of nitrogens with zero attached hydrogens (tertiary/aromatic N) is 2. The highest BCUT2D eigenvalue weighted by Gasteiger charge is 2.40. The van der Waals surface area contributed by atoms with Crippen LogP contribution in [0.15, 0.2) is 17.6 Å². The summed E-state index contributed by atoms with van der Waals surface area (Å²) >= 11 is 5.70. The van der Waals surface area contributed by atoms with Gasteiger partial charge < -0.3 is 14.6 Å². The number of unbranched alkanes of at least 4 members (excludes halogenated alkanes) is 1. The van der Waals surface area contributed by atoms with Gasteiger partial charge in [-0.25, -0.2) is 4.98 Å². The van der Waals surface area contributed by atoms with Gasteiger partial charge in [0.05, 0.1) is 20.3 Å². The SMILES string of the molecule is COc1ccnc(-c2csc(C3(CCCCC(C)O)SCCS3)n2)c1OC. The van der Waals surface area contributed by atoms with Gasteiger partial charge in [0, 0.05) is 29.1 Å². The van der Waals surface area contributed by atoms with Crippen molar-refractivity contribution in [1.82, 2.24) is 9.97 Å². The summed E-state index contributed by atoms with van der Waals surface area (Å²) in [5.74, 6) is 3.58. The lowest BCUT2D eigenvalue weighted by Crippen LogP contribution is -2.14. The highest BCUT2D eigenvalue weighted by atomic mass is 32.2. The van der Waals surface area contributed by atoms with E-state index in [1.807, 2.05) is 30.4 Å². The van der Waals surface area contributed by atoms with Crippen LogP contribution in [0.25, 0.3) is 11.4 Å². The third-order valence-electron chi connectivity index (χ3n) is 4.50. The van der Waals surface area contributed by atoms with Crippen LogP contribution in [0, 0.1) is 0 Å². The fourth-order valence-electron chi connectivity index (χ4n) is 3.16. The molecule has 1 aliphatic heterocycles. The van der Waals surface area contributed by atoms with Crippen molar-refractivity contribution in [2.24, 2.45) is 0 Å². The number of hydrogen-bond donors (Lipinski definition) is 1. The molecule has 1 fully saturated rings. The van der Waals surface area contributed by atoms with Crippen molar-refractivity contribution in [3.63, 3.8) is 0 Å². The molecule has 0 amide bonds. The molecule has 27 heavy (non-hydrogen) atoms. The van der Waals surface area contributed by atoms with Gasteiger partial charge in [-0.3, -0.25) is 4.98 Å². The van der Waals surface area contributed by atoms with Crippen LogP contribution in [0.2, 0.25) is 0 Å². The maximum absolute atomic E-state index is 9.50. The molecule has 0 bridgehead atoms. The summed E-state index contributed by atoms with van der Waals surface area (Å²) < 4.78 is 10.9. The number of methoxy groups -OCH3 is 2. The number of rotatable bonds is 9. The zero-order valence-corrected chi connectivity index (χ0v) is 18.4. The molecule has 3 rings (SSSR count). The summed E-state index contributed by atoms with van der Waals surface area (Å²) in [6.07, 6.45) is 5.58. The number of pyridine rings is 1. The average molecular weight is 427 g/mol. The molecule has 2 aromatic heterocycles. The fourth-order valence-corrected chi connectivity index (χ4v) is 7.69. The standard InChI is InChI=1S/C19H26N2O3S3/c1-13(22)6-4-5-8-19(26-10-11-27-19)18-21-14(12-25-18)16-17(24-3)15(23-2)7-9-20-16/h7,9,12-13,22H,4-6,8,10-11H2,1-3H3. The van der Waals surface area contributed by atoms with Crippen LogP contribution >= 0.6 is 34.9 Å². The van der Waals surface area contributed by atoms with Crippen molar-refractivity contribution >= 4 is 34.9 Å². The number of thioether (sulfide) groups is 2.